The summed E-state index contributed by atoms with van der Waals surface area (Å²) in [6.07, 6.45) is 0.272. The Morgan fingerprint density at radius 2 is 1.76 bits per heavy atom. The Labute approximate surface area is 124 Å². The standard InChI is InChI=1S/C17H20N2O2/c1-12(14-5-9-16(21-2)10-6-14)19-15-7-3-13(4-8-15)11-17(18)20/h3-10,12,19H,11H2,1-2H3,(H2,18,20). The van der Waals surface area contributed by atoms with Gasteiger partial charge in [-0.25, -0.2) is 0 Å². The molecular weight excluding hydrogens is 264 g/mol. The maximum Gasteiger partial charge on any atom is 0.221 e. The molecule has 110 valence electrons. The number of benzene rings is 2. The van der Waals surface area contributed by atoms with Crippen LogP contribution in [-0.4, -0.2) is 13.0 Å². The van der Waals surface area contributed by atoms with Gasteiger partial charge in [-0.05, 0) is 42.3 Å². The molecular formula is C17H20N2O2. The molecule has 0 fully saturated rings. The van der Waals surface area contributed by atoms with Gasteiger partial charge in [-0.1, -0.05) is 24.3 Å². The molecule has 4 nitrogen and oxygen atoms in total. The lowest BCUT2D eigenvalue weighted by Crippen LogP contribution is -2.13. The number of carbonyl (C=O) groups is 1. The topological polar surface area (TPSA) is 64.3 Å². The molecule has 0 aliphatic rings. The molecule has 0 heterocycles. The lowest BCUT2D eigenvalue weighted by atomic mass is 10.1. The lowest BCUT2D eigenvalue weighted by molar-refractivity contribution is -0.117. The normalized spacial score (nSPS) is 11.7. The van der Waals surface area contributed by atoms with Crippen LogP contribution in [0.5, 0.6) is 5.75 Å². The van der Waals surface area contributed by atoms with Gasteiger partial charge in [0.25, 0.3) is 0 Å². The molecule has 2 aromatic rings. The highest BCUT2D eigenvalue weighted by Gasteiger charge is 2.06. The van der Waals surface area contributed by atoms with Crippen molar-refractivity contribution < 1.29 is 9.53 Å². The fourth-order valence-electron chi connectivity index (χ4n) is 2.15. The monoisotopic (exact) mass is 284 g/mol. The van der Waals surface area contributed by atoms with E-state index in [0.29, 0.717) is 0 Å². The van der Waals surface area contributed by atoms with Crippen LogP contribution in [-0.2, 0) is 11.2 Å². The third kappa shape index (κ3) is 4.24. The van der Waals surface area contributed by atoms with E-state index in [0.717, 1.165) is 17.0 Å². The number of hydrogen-bond donors (Lipinski definition) is 2. The zero-order valence-corrected chi connectivity index (χ0v) is 12.3. The summed E-state index contributed by atoms with van der Waals surface area (Å²) in [5, 5.41) is 3.42. The van der Waals surface area contributed by atoms with Crippen molar-refractivity contribution in [2.24, 2.45) is 5.73 Å². The predicted molar refractivity (Wildman–Crippen MR) is 84.4 cm³/mol. The minimum Gasteiger partial charge on any atom is -0.497 e. The maximum absolute atomic E-state index is 10.9. The summed E-state index contributed by atoms with van der Waals surface area (Å²) in [6.45, 7) is 2.10. The van der Waals surface area contributed by atoms with Crippen LogP contribution in [0.3, 0.4) is 0 Å². The number of carbonyl (C=O) groups excluding carboxylic acids is 1. The quantitative estimate of drug-likeness (QED) is 0.857. The third-order valence-corrected chi connectivity index (χ3v) is 3.33. The summed E-state index contributed by atoms with van der Waals surface area (Å²) in [5.74, 6) is 0.532. The van der Waals surface area contributed by atoms with Crippen LogP contribution < -0.4 is 15.8 Å². The Kier molecular flexibility index (Phi) is 4.82. The number of nitrogens with one attached hydrogen (secondary N) is 1. The number of amides is 1. The van der Waals surface area contributed by atoms with Crippen LogP contribution >= 0.6 is 0 Å². The van der Waals surface area contributed by atoms with Gasteiger partial charge in [0.2, 0.25) is 5.91 Å². The molecule has 2 aromatic carbocycles. The summed E-state index contributed by atoms with van der Waals surface area (Å²) < 4.78 is 5.15. The number of nitrogens with two attached hydrogens (primary N) is 1. The van der Waals surface area contributed by atoms with Crippen molar-refractivity contribution in [2.75, 3.05) is 12.4 Å². The van der Waals surface area contributed by atoms with E-state index in [4.69, 9.17) is 10.5 Å². The first-order chi connectivity index (χ1) is 10.1. The number of rotatable bonds is 6. The van der Waals surface area contributed by atoms with Crippen LogP contribution in [0.2, 0.25) is 0 Å². The van der Waals surface area contributed by atoms with Gasteiger partial charge in [-0.2, -0.15) is 0 Å². The highest BCUT2D eigenvalue weighted by molar-refractivity contribution is 5.76. The van der Waals surface area contributed by atoms with Crippen molar-refractivity contribution in [3.05, 3.63) is 59.7 Å². The number of ether oxygens (including phenoxy) is 1. The molecule has 3 N–H and O–H groups in total. The second-order valence-electron chi connectivity index (χ2n) is 4.98. The van der Waals surface area contributed by atoms with E-state index in [-0.39, 0.29) is 18.4 Å². The van der Waals surface area contributed by atoms with Gasteiger partial charge >= 0.3 is 0 Å². The van der Waals surface area contributed by atoms with Gasteiger partial charge in [0, 0.05) is 11.7 Å². The van der Waals surface area contributed by atoms with E-state index in [1.54, 1.807) is 7.11 Å². The van der Waals surface area contributed by atoms with Crippen molar-refractivity contribution in [1.29, 1.82) is 0 Å². The molecule has 0 saturated heterocycles. The van der Waals surface area contributed by atoms with E-state index in [1.165, 1.54) is 5.56 Å². The van der Waals surface area contributed by atoms with Crippen LogP contribution in [0, 0.1) is 0 Å². The highest BCUT2D eigenvalue weighted by atomic mass is 16.5. The Morgan fingerprint density at radius 1 is 1.14 bits per heavy atom. The smallest absolute Gasteiger partial charge is 0.221 e. The predicted octanol–water partition coefficient (Wildman–Crippen LogP) is 2.90. The maximum atomic E-state index is 10.9. The van der Waals surface area contributed by atoms with E-state index in [2.05, 4.69) is 12.2 Å². The van der Waals surface area contributed by atoms with Crippen LogP contribution in [0.4, 0.5) is 5.69 Å². The molecule has 4 heteroatoms. The number of hydrogen-bond acceptors (Lipinski definition) is 3. The Bertz CT molecular complexity index is 591. The van der Waals surface area contributed by atoms with Crippen LogP contribution in [0.15, 0.2) is 48.5 Å². The summed E-state index contributed by atoms with van der Waals surface area (Å²) in [4.78, 5) is 10.9. The van der Waals surface area contributed by atoms with E-state index in [1.807, 2.05) is 48.5 Å². The number of methoxy groups -OCH3 is 1. The summed E-state index contributed by atoms with van der Waals surface area (Å²) in [5.41, 5.74) is 8.28. The lowest BCUT2D eigenvalue weighted by Gasteiger charge is -2.16. The molecule has 0 radical (unpaired) electrons. The zero-order valence-electron chi connectivity index (χ0n) is 12.3. The minimum atomic E-state index is -0.317. The molecule has 0 bridgehead atoms. The Balaban J connectivity index is 2.01. The number of anilines is 1. The van der Waals surface area contributed by atoms with Crippen LogP contribution in [0.25, 0.3) is 0 Å². The zero-order chi connectivity index (χ0) is 15.2. The fourth-order valence-corrected chi connectivity index (χ4v) is 2.15. The molecule has 2 rings (SSSR count). The highest BCUT2D eigenvalue weighted by Crippen LogP contribution is 2.21. The molecule has 21 heavy (non-hydrogen) atoms. The average molecular weight is 284 g/mol. The molecule has 0 aliphatic heterocycles. The van der Waals surface area contributed by atoms with E-state index >= 15 is 0 Å². The van der Waals surface area contributed by atoms with Crippen molar-refractivity contribution >= 4 is 11.6 Å². The molecule has 0 saturated carbocycles. The van der Waals surface area contributed by atoms with Gasteiger partial charge in [-0.15, -0.1) is 0 Å². The van der Waals surface area contributed by atoms with Crippen molar-refractivity contribution in [1.82, 2.24) is 0 Å². The summed E-state index contributed by atoms with van der Waals surface area (Å²) in [7, 11) is 1.66. The largest absolute Gasteiger partial charge is 0.497 e. The molecule has 1 atom stereocenters. The molecule has 0 spiro atoms. The van der Waals surface area contributed by atoms with Gasteiger partial charge in [0.1, 0.15) is 5.75 Å². The first kappa shape index (κ1) is 14.9. The third-order valence-electron chi connectivity index (χ3n) is 3.33. The summed E-state index contributed by atoms with van der Waals surface area (Å²) in [6, 6.07) is 15.9. The first-order valence-electron chi connectivity index (χ1n) is 6.86. The second kappa shape index (κ2) is 6.79. The SMILES string of the molecule is COc1ccc(C(C)Nc2ccc(CC(N)=O)cc2)cc1. The first-order valence-corrected chi connectivity index (χ1v) is 6.86. The van der Waals surface area contributed by atoms with E-state index in [9.17, 15) is 4.79 Å². The van der Waals surface area contributed by atoms with Gasteiger partial charge in [0.05, 0.1) is 13.5 Å². The minimum absolute atomic E-state index is 0.179. The van der Waals surface area contributed by atoms with Gasteiger partial charge in [0.15, 0.2) is 0 Å². The van der Waals surface area contributed by atoms with Gasteiger partial charge in [-0.3, -0.25) is 4.79 Å². The van der Waals surface area contributed by atoms with Crippen molar-refractivity contribution in [2.45, 2.75) is 19.4 Å². The van der Waals surface area contributed by atoms with Crippen LogP contribution in [0.1, 0.15) is 24.1 Å². The van der Waals surface area contributed by atoms with Gasteiger partial charge < -0.3 is 15.8 Å². The van der Waals surface area contributed by atoms with Crippen molar-refractivity contribution in [3.63, 3.8) is 0 Å². The molecule has 1 amide bonds. The van der Waals surface area contributed by atoms with Crippen molar-refractivity contribution in [3.8, 4) is 5.75 Å². The Hall–Kier alpha value is -2.49. The number of primary amides is 1. The molecule has 0 aromatic heterocycles. The summed E-state index contributed by atoms with van der Waals surface area (Å²) >= 11 is 0. The molecule has 1 unspecified atom stereocenters. The Morgan fingerprint density at radius 3 is 2.29 bits per heavy atom. The molecule has 0 aliphatic carbocycles. The fraction of sp³-hybridized carbons (Fsp3) is 0.235. The van der Waals surface area contributed by atoms with E-state index < -0.39 is 0 Å². The average Bonchev–Trinajstić information content (AvgIpc) is 2.49. The second-order valence-corrected chi connectivity index (χ2v) is 4.98.